The monoisotopic (exact) mass is 344 g/mol. The van der Waals surface area contributed by atoms with Gasteiger partial charge < -0.3 is 10.4 Å². The predicted molar refractivity (Wildman–Crippen MR) is 92.6 cm³/mol. The zero-order chi connectivity index (χ0) is 17.1. The molecule has 1 aliphatic rings. The van der Waals surface area contributed by atoms with E-state index < -0.39 is 5.97 Å². The summed E-state index contributed by atoms with van der Waals surface area (Å²) in [5, 5.41) is 12.9. The Bertz CT molecular complexity index is 742. The first-order chi connectivity index (χ1) is 11.5. The van der Waals surface area contributed by atoms with E-state index in [2.05, 4.69) is 10.3 Å². The number of hydrogen-bond donors (Lipinski definition) is 2. The van der Waals surface area contributed by atoms with E-state index in [4.69, 9.17) is 5.11 Å². The lowest BCUT2D eigenvalue weighted by Gasteiger charge is -2.10. The number of rotatable bonds is 5. The number of aromatic nitrogens is 1. The van der Waals surface area contributed by atoms with Gasteiger partial charge in [-0.15, -0.1) is 11.3 Å². The fourth-order valence-electron chi connectivity index (χ4n) is 3.05. The Labute approximate surface area is 144 Å². The number of hydrogen-bond acceptors (Lipinski definition) is 4. The molecule has 2 N–H and O–H groups in total. The van der Waals surface area contributed by atoms with E-state index in [1.807, 2.05) is 37.3 Å². The van der Waals surface area contributed by atoms with Gasteiger partial charge >= 0.3 is 5.97 Å². The van der Waals surface area contributed by atoms with E-state index in [1.54, 1.807) is 11.3 Å². The predicted octanol–water partition coefficient (Wildman–Crippen LogP) is 3.24. The first kappa shape index (κ1) is 16.6. The van der Waals surface area contributed by atoms with Crippen LogP contribution in [0.1, 0.15) is 29.8 Å². The second kappa shape index (κ2) is 7.13. The molecule has 0 radical (unpaired) electrons. The molecule has 2 aromatic rings. The third-order valence-corrected chi connectivity index (χ3v) is 5.70. The number of nitrogens with zero attached hydrogens (tertiary/aromatic N) is 1. The van der Waals surface area contributed by atoms with Gasteiger partial charge in [0.2, 0.25) is 5.91 Å². The van der Waals surface area contributed by atoms with Crippen molar-refractivity contribution in [2.75, 3.05) is 0 Å². The van der Waals surface area contributed by atoms with Gasteiger partial charge in [-0.3, -0.25) is 9.59 Å². The fraction of sp³-hybridized carbons (Fsp3) is 0.389. The van der Waals surface area contributed by atoms with Crippen molar-refractivity contribution in [2.24, 2.45) is 11.8 Å². The molecule has 24 heavy (non-hydrogen) atoms. The van der Waals surface area contributed by atoms with E-state index in [-0.39, 0.29) is 17.7 Å². The van der Waals surface area contributed by atoms with Gasteiger partial charge in [0.1, 0.15) is 5.01 Å². The molecule has 3 rings (SSSR count). The smallest absolute Gasteiger partial charge is 0.306 e. The lowest BCUT2D eigenvalue weighted by Crippen LogP contribution is -2.29. The largest absolute Gasteiger partial charge is 0.481 e. The summed E-state index contributed by atoms with van der Waals surface area (Å²) in [6, 6.07) is 9.96. The number of carboxylic acid groups (broad SMARTS) is 1. The number of carboxylic acids is 1. The van der Waals surface area contributed by atoms with Gasteiger partial charge in [-0.05, 0) is 26.2 Å². The van der Waals surface area contributed by atoms with E-state index in [9.17, 15) is 9.59 Å². The summed E-state index contributed by atoms with van der Waals surface area (Å²) in [5.74, 6) is -1.41. The molecule has 0 aliphatic heterocycles. The number of amides is 1. The van der Waals surface area contributed by atoms with E-state index >= 15 is 0 Å². The van der Waals surface area contributed by atoms with E-state index in [0.717, 1.165) is 21.1 Å². The maximum atomic E-state index is 12.3. The highest BCUT2D eigenvalue weighted by molar-refractivity contribution is 7.15. The summed E-state index contributed by atoms with van der Waals surface area (Å²) in [7, 11) is 0. The van der Waals surface area contributed by atoms with Crippen molar-refractivity contribution >= 4 is 23.2 Å². The van der Waals surface area contributed by atoms with Crippen LogP contribution < -0.4 is 5.32 Å². The van der Waals surface area contributed by atoms with Gasteiger partial charge in [0.25, 0.3) is 0 Å². The number of carbonyl (C=O) groups excluding carboxylic acids is 1. The summed E-state index contributed by atoms with van der Waals surface area (Å²) >= 11 is 1.58. The number of aryl methyl sites for hydroxylation is 1. The standard InChI is InChI=1S/C18H20N2O3S/c1-11-15(24-17(20-11)12-5-3-2-4-6-12)10-19-16(21)13-7-8-14(9-13)18(22)23/h2-6,13-14H,7-10H2,1H3,(H,19,21)(H,22,23)/t13-,14+/m1/s1. The second-order valence-corrected chi connectivity index (χ2v) is 7.24. The van der Waals surface area contributed by atoms with Crippen LogP contribution in [0.4, 0.5) is 0 Å². The van der Waals surface area contributed by atoms with Crippen LogP contribution in [-0.2, 0) is 16.1 Å². The molecule has 1 heterocycles. The van der Waals surface area contributed by atoms with Crippen LogP contribution in [-0.4, -0.2) is 22.0 Å². The molecule has 0 bridgehead atoms. The third kappa shape index (κ3) is 3.64. The zero-order valence-corrected chi connectivity index (χ0v) is 14.3. The summed E-state index contributed by atoms with van der Waals surface area (Å²) in [4.78, 5) is 28.9. The molecule has 1 fully saturated rings. The summed E-state index contributed by atoms with van der Waals surface area (Å²) in [6.07, 6.45) is 1.68. The van der Waals surface area contributed by atoms with Gasteiger partial charge in [0.05, 0.1) is 18.2 Å². The number of aliphatic carboxylic acids is 1. The molecule has 6 heteroatoms. The van der Waals surface area contributed by atoms with Crippen molar-refractivity contribution in [3.63, 3.8) is 0 Å². The molecule has 2 atom stereocenters. The Morgan fingerprint density at radius 1 is 1.25 bits per heavy atom. The summed E-state index contributed by atoms with van der Waals surface area (Å²) in [5.41, 5.74) is 2.00. The summed E-state index contributed by atoms with van der Waals surface area (Å²) < 4.78 is 0. The van der Waals surface area contributed by atoms with Crippen LogP contribution in [0.25, 0.3) is 10.6 Å². The van der Waals surface area contributed by atoms with Gasteiger partial charge in [-0.25, -0.2) is 4.98 Å². The van der Waals surface area contributed by atoms with Crippen LogP contribution in [0.3, 0.4) is 0 Å². The third-order valence-electron chi connectivity index (χ3n) is 4.49. The van der Waals surface area contributed by atoms with Crippen molar-refractivity contribution in [1.82, 2.24) is 10.3 Å². The van der Waals surface area contributed by atoms with Crippen molar-refractivity contribution in [3.05, 3.63) is 40.9 Å². The fourth-order valence-corrected chi connectivity index (χ4v) is 4.06. The van der Waals surface area contributed by atoms with Gasteiger partial charge in [-0.1, -0.05) is 30.3 Å². The first-order valence-electron chi connectivity index (χ1n) is 8.07. The zero-order valence-electron chi connectivity index (χ0n) is 13.5. The molecule has 1 aromatic heterocycles. The van der Waals surface area contributed by atoms with Gasteiger partial charge in [-0.2, -0.15) is 0 Å². The van der Waals surface area contributed by atoms with E-state index in [1.165, 1.54) is 0 Å². The maximum absolute atomic E-state index is 12.3. The highest BCUT2D eigenvalue weighted by Crippen LogP contribution is 2.32. The number of nitrogens with one attached hydrogen (secondary N) is 1. The molecule has 1 aromatic carbocycles. The molecule has 0 unspecified atom stereocenters. The van der Waals surface area contributed by atoms with Crippen molar-refractivity contribution in [1.29, 1.82) is 0 Å². The number of thiazole rings is 1. The lowest BCUT2D eigenvalue weighted by molar-refractivity contribution is -0.141. The van der Waals surface area contributed by atoms with Crippen LogP contribution in [0.15, 0.2) is 30.3 Å². The van der Waals surface area contributed by atoms with Crippen LogP contribution in [0.2, 0.25) is 0 Å². The maximum Gasteiger partial charge on any atom is 0.306 e. The minimum Gasteiger partial charge on any atom is -0.481 e. The van der Waals surface area contributed by atoms with Crippen LogP contribution >= 0.6 is 11.3 Å². The average molecular weight is 344 g/mol. The molecule has 0 saturated heterocycles. The SMILES string of the molecule is Cc1nc(-c2ccccc2)sc1CNC(=O)[C@@H]1CC[C@H](C(=O)O)C1. The Morgan fingerprint density at radius 3 is 2.62 bits per heavy atom. The Kier molecular flexibility index (Phi) is 4.94. The molecule has 0 spiro atoms. The molecular weight excluding hydrogens is 324 g/mol. The Morgan fingerprint density at radius 2 is 1.96 bits per heavy atom. The highest BCUT2D eigenvalue weighted by atomic mass is 32.1. The lowest BCUT2D eigenvalue weighted by atomic mass is 10.0. The molecule has 1 amide bonds. The normalized spacial score (nSPS) is 20.0. The minimum absolute atomic E-state index is 0.0483. The topological polar surface area (TPSA) is 79.3 Å². The van der Waals surface area contributed by atoms with Gasteiger partial charge in [0, 0.05) is 16.4 Å². The minimum atomic E-state index is -0.795. The number of carbonyl (C=O) groups is 2. The number of benzene rings is 1. The van der Waals surface area contributed by atoms with Crippen LogP contribution in [0, 0.1) is 18.8 Å². The molecular formula is C18H20N2O3S. The Hall–Kier alpha value is -2.21. The van der Waals surface area contributed by atoms with Crippen LogP contribution in [0.5, 0.6) is 0 Å². The van der Waals surface area contributed by atoms with Gasteiger partial charge in [0.15, 0.2) is 0 Å². The second-order valence-electron chi connectivity index (χ2n) is 6.16. The van der Waals surface area contributed by atoms with Crippen molar-refractivity contribution in [2.45, 2.75) is 32.7 Å². The van der Waals surface area contributed by atoms with E-state index in [0.29, 0.717) is 25.8 Å². The average Bonchev–Trinajstić information content (AvgIpc) is 3.21. The molecule has 5 nitrogen and oxygen atoms in total. The molecule has 1 aliphatic carbocycles. The molecule has 1 saturated carbocycles. The quantitative estimate of drug-likeness (QED) is 0.873. The first-order valence-corrected chi connectivity index (χ1v) is 8.88. The highest BCUT2D eigenvalue weighted by Gasteiger charge is 2.33. The van der Waals surface area contributed by atoms with Crippen molar-refractivity contribution in [3.8, 4) is 10.6 Å². The van der Waals surface area contributed by atoms with Crippen molar-refractivity contribution < 1.29 is 14.7 Å². The molecule has 126 valence electrons. The summed E-state index contributed by atoms with van der Waals surface area (Å²) in [6.45, 7) is 2.39. The Balaban J connectivity index is 1.60.